The lowest BCUT2D eigenvalue weighted by Crippen LogP contribution is -2.48. The normalized spacial score (nSPS) is 18.5. The van der Waals surface area contributed by atoms with E-state index in [-0.39, 0.29) is 12.0 Å². The SMILES string of the molecule is CC(C)n1nc(-c2nnc(C3CCN(CC4(O)CCOCC4)CC3)o2)c2ccccc21.O=C(O)C(=O)O. The van der Waals surface area contributed by atoms with Gasteiger partial charge in [-0.15, -0.1) is 10.2 Å². The summed E-state index contributed by atoms with van der Waals surface area (Å²) in [6.45, 7) is 8.11. The van der Waals surface area contributed by atoms with Gasteiger partial charge in [-0.25, -0.2) is 9.59 Å². The van der Waals surface area contributed by atoms with Gasteiger partial charge >= 0.3 is 11.9 Å². The smallest absolute Gasteiger partial charge is 0.414 e. The Kier molecular flexibility index (Phi) is 8.20. The van der Waals surface area contributed by atoms with E-state index in [9.17, 15) is 5.11 Å². The van der Waals surface area contributed by atoms with E-state index in [1.165, 1.54) is 0 Å². The van der Waals surface area contributed by atoms with Crippen LogP contribution in [0.15, 0.2) is 28.7 Å². The van der Waals surface area contributed by atoms with Crippen molar-refractivity contribution in [2.45, 2.75) is 57.1 Å². The number of hydrogen-bond acceptors (Lipinski definition) is 9. The summed E-state index contributed by atoms with van der Waals surface area (Å²) in [6, 6.07) is 8.41. The van der Waals surface area contributed by atoms with Gasteiger partial charge in [0.25, 0.3) is 5.89 Å². The number of nitrogens with zero attached hydrogens (tertiary/aromatic N) is 5. The summed E-state index contributed by atoms with van der Waals surface area (Å²) in [5.74, 6) is -2.21. The molecule has 3 N–H and O–H groups in total. The number of aromatic nitrogens is 4. The molecular weight excluding hydrogens is 482 g/mol. The number of piperidine rings is 1. The third kappa shape index (κ3) is 6.32. The Morgan fingerprint density at radius 1 is 1.08 bits per heavy atom. The molecule has 2 aliphatic heterocycles. The number of aliphatic carboxylic acids is 2. The van der Waals surface area contributed by atoms with Crippen LogP contribution in [0.25, 0.3) is 22.5 Å². The molecule has 0 radical (unpaired) electrons. The maximum atomic E-state index is 10.8. The molecule has 3 aromatic rings. The highest BCUT2D eigenvalue weighted by Gasteiger charge is 2.34. The number of carboxylic acid groups (broad SMARTS) is 2. The molecule has 2 saturated heterocycles. The minimum Gasteiger partial charge on any atom is -0.473 e. The highest BCUT2D eigenvalue weighted by Crippen LogP contribution is 2.33. The van der Waals surface area contributed by atoms with E-state index in [0.29, 0.717) is 25.0 Å². The molecule has 12 heteroatoms. The molecule has 2 fully saturated rings. The van der Waals surface area contributed by atoms with Gasteiger partial charge in [-0.1, -0.05) is 18.2 Å². The van der Waals surface area contributed by atoms with Crippen LogP contribution in [-0.4, -0.2) is 90.6 Å². The Hall–Kier alpha value is -3.35. The number of ether oxygens (including phenoxy) is 1. The molecule has 5 rings (SSSR count). The van der Waals surface area contributed by atoms with Crippen molar-refractivity contribution in [3.8, 4) is 11.6 Å². The number of para-hydroxylation sites is 1. The van der Waals surface area contributed by atoms with Crippen LogP contribution < -0.4 is 0 Å². The van der Waals surface area contributed by atoms with E-state index in [1.54, 1.807) is 0 Å². The Morgan fingerprint density at radius 2 is 1.73 bits per heavy atom. The fourth-order valence-corrected chi connectivity index (χ4v) is 4.80. The van der Waals surface area contributed by atoms with Gasteiger partial charge in [0.2, 0.25) is 5.89 Å². The number of likely N-dealkylation sites (tertiary alicyclic amines) is 1. The third-order valence-electron chi connectivity index (χ3n) is 6.81. The van der Waals surface area contributed by atoms with Gasteiger partial charge in [-0.2, -0.15) is 5.10 Å². The zero-order chi connectivity index (χ0) is 26.6. The number of rotatable bonds is 5. The topological polar surface area (TPSA) is 164 Å². The quantitative estimate of drug-likeness (QED) is 0.428. The minimum atomic E-state index is -1.82. The summed E-state index contributed by atoms with van der Waals surface area (Å²) in [6.07, 6.45) is 3.35. The van der Waals surface area contributed by atoms with Crippen LogP contribution >= 0.6 is 0 Å². The Balaban J connectivity index is 0.000000480. The van der Waals surface area contributed by atoms with Crippen LogP contribution in [0.1, 0.15) is 57.4 Å². The lowest BCUT2D eigenvalue weighted by Gasteiger charge is -2.39. The van der Waals surface area contributed by atoms with Gasteiger partial charge in [0.05, 0.1) is 11.1 Å². The van der Waals surface area contributed by atoms with Crippen molar-refractivity contribution in [3.05, 3.63) is 30.2 Å². The highest BCUT2D eigenvalue weighted by molar-refractivity contribution is 6.27. The molecule has 0 unspecified atom stereocenters. The van der Waals surface area contributed by atoms with Gasteiger partial charge in [0.15, 0.2) is 5.69 Å². The average molecular weight is 516 g/mol. The van der Waals surface area contributed by atoms with Crippen molar-refractivity contribution >= 4 is 22.8 Å². The first-order chi connectivity index (χ1) is 17.7. The van der Waals surface area contributed by atoms with Crippen LogP contribution in [0.3, 0.4) is 0 Å². The average Bonchev–Trinajstić information content (AvgIpc) is 3.50. The lowest BCUT2D eigenvalue weighted by atomic mass is 9.91. The summed E-state index contributed by atoms with van der Waals surface area (Å²) in [5.41, 5.74) is 1.22. The van der Waals surface area contributed by atoms with Crippen LogP contribution in [0.5, 0.6) is 0 Å². The third-order valence-corrected chi connectivity index (χ3v) is 6.81. The number of β-amino-alcohol motifs (C(OH)–C–C–N with tert-alkyl or cyclic N) is 1. The van der Waals surface area contributed by atoms with E-state index in [4.69, 9.17) is 34.1 Å². The van der Waals surface area contributed by atoms with Crippen molar-refractivity contribution in [1.29, 1.82) is 0 Å². The van der Waals surface area contributed by atoms with Crippen molar-refractivity contribution in [2.24, 2.45) is 0 Å². The van der Waals surface area contributed by atoms with Gasteiger partial charge < -0.3 is 29.4 Å². The van der Waals surface area contributed by atoms with Gasteiger partial charge in [0, 0.05) is 49.9 Å². The number of aliphatic hydroxyl groups is 1. The molecule has 4 heterocycles. The largest absolute Gasteiger partial charge is 0.473 e. The molecule has 12 nitrogen and oxygen atoms in total. The van der Waals surface area contributed by atoms with Crippen molar-refractivity contribution < 1.29 is 34.1 Å². The van der Waals surface area contributed by atoms with E-state index < -0.39 is 17.5 Å². The number of hydrogen-bond donors (Lipinski definition) is 3. The van der Waals surface area contributed by atoms with Crippen molar-refractivity contribution in [3.63, 3.8) is 0 Å². The summed E-state index contributed by atoms with van der Waals surface area (Å²) >= 11 is 0. The molecule has 0 aliphatic carbocycles. The predicted octanol–water partition coefficient (Wildman–Crippen LogP) is 2.54. The molecule has 37 heavy (non-hydrogen) atoms. The first-order valence-corrected chi connectivity index (χ1v) is 12.5. The number of fused-ring (bicyclic) bond motifs is 1. The first kappa shape index (κ1) is 26.7. The predicted molar refractivity (Wildman–Crippen MR) is 132 cm³/mol. The Labute approximate surface area is 213 Å². The molecule has 1 aromatic carbocycles. The van der Waals surface area contributed by atoms with Crippen LogP contribution in [0, 0.1) is 0 Å². The van der Waals surface area contributed by atoms with Gasteiger partial charge in [0.1, 0.15) is 0 Å². The number of carbonyl (C=O) groups is 2. The fraction of sp³-hybridized carbons (Fsp3) is 0.560. The van der Waals surface area contributed by atoms with Crippen molar-refractivity contribution in [2.75, 3.05) is 32.8 Å². The van der Waals surface area contributed by atoms with E-state index in [0.717, 1.165) is 61.9 Å². The maximum absolute atomic E-state index is 10.8. The molecule has 0 bridgehead atoms. The summed E-state index contributed by atoms with van der Waals surface area (Å²) < 4.78 is 13.5. The Morgan fingerprint density at radius 3 is 2.35 bits per heavy atom. The minimum absolute atomic E-state index is 0.246. The molecule has 2 aromatic heterocycles. The molecule has 0 atom stereocenters. The highest BCUT2D eigenvalue weighted by atomic mass is 16.5. The summed E-state index contributed by atoms with van der Waals surface area (Å²) in [5, 5.41) is 40.1. The molecular formula is C25H33N5O7. The second-order valence-corrected chi connectivity index (χ2v) is 9.85. The molecule has 200 valence electrons. The Bertz CT molecular complexity index is 1210. The monoisotopic (exact) mass is 515 g/mol. The van der Waals surface area contributed by atoms with Crippen LogP contribution in [-0.2, 0) is 14.3 Å². The standard InChI is InChI=1S/C23H31N5O3.C2H2O4/c1-16(2)28-19-6-4-3-5-18(19)20(26-28)22-25-24-21(31-22)17-7-11-27(12-8-17)15-23(29)9-13-30-14-10-23;3-1(4)2(5)6/h3-6,16-17,29H,7-15H2,1-2H3;(H,3,4)(H,5,6). The maximum Gasteiger partial charge on any atom is 0.414 e. The first-order valence-electron chi connectivity index (χ1n) is 12.5. The molecule has 0 saturated carbocycles. The summed E-state index contributed by atoms with van der Waals surface area (Å²) in [7, 11) is 0. The van der Waals surface area contributed by atoms with Crippen molar-refractivity contribution in [1.82, 2.24) is 24.9 Å². The lowest BCUT2D eigenvalue weighted by molar-refractivity contribution is -0.159. The molecule has 2 aliphatic rings. The second-order valence-electron chi connectivity index (χ2n) is 9.85. The fourth-order valence-electron chi connectivity index (χ4n) is 4.80. The molecule has 0 amide bonds. The second kappa shape index (κ2) is 11.4. The number of benzene rings is 1. The van der Waals surface area contributed by atoms with E-state index in [1.807, 2.05) is 16.8 Å². The van der Waals surface area contributed by atoms with E-state index >= 15 is 0 Å². The molecule has 0 spiro atoms. The van der Waals surface area contributed by atoms with Crippen LogP contribution in [0.2, 0.25) is 0 Å². The zero-order valence-electron chi connectivity index (χ0n) is 21.0. The van der Waals surface area contributed by atoms with Crippen LogP contribution in [0.4, 0.5) is 0 Å². The van der Waals surface area contributed by atoms with Gasteiger partial charge in [-0.05, 0) is 45.8 Å². The van der Waals surface area contributed by atoms with E-state index in [2.05, 4.69) is 41.1 Å². The summed E-state index contributed by atoms with van der Waals surface area (Å²) in [4.78, 5) is 20.6. The van der Waals surface area contributed by atoms with Gasteiger partial charge in [-0.3, -0.25) is 4.68 Å². The zero-order valence-corrected chi connectivity index (χ0v) is 21.0. The number of carboxylic acids is 2.